The molecule has 1 aliphatic rings. The highest BCUT2D eigenvalue weighted by Crippen LogP contribution is 2.30. The number of benzene rings is 1. The van der Waals surface area contributed by atoms with E-state index in [9.17, 15) is 18.0 Å². The second kappa shape index (κ2) is 10.2. The van der Waals surface area contributed by atoms with E-state index < -0.39 is 11.7 Å². The van der Waals surface area contributed by atoms with Crippen LogP contribution in [-0.2, 0) is 18.5 Å². The molecule has 0 aliphatic carbocycles. The van der Waals surface area contributed by atoms with E-state index in [4.69, 9.17) is 4.52 Å². The second-order valence-electron chi connectivity index (χ2n) is 8.21. The minimum absolute atomic E-state index is 0.0662. The van der Waals surface area contributed by atoms with Crippen molar-refractivity contribution in [2.75, 3.05) is 26.2 Å². The predicted molar refractivity (Wildman–Crippen MR) is 122 cm³/mol. The molecule has 3 aromatic rings. The molecule has 2 aromatic heterocycles. The zero-order valence-corrected chi connectivity index (χ0v) is 19.7. The van der Waals surface area contributed by atoms with E-state index in [0.717, 1.165) is 34.7 Å². The van der Waals surface area contributed by atoms with E-state index in [1.807, 2.05) is 13.8 Å². The molecule has 1 aromatic carbocycles. The number of nitrogens with zero attached hydrogens (tertiary/aromatic N) is 4. The Labute approximate surface area is 200 Å². The van der Waals surface area contributed by atoms with Gasteiger partial charge in [-0.05, 0) is 43.7 Å². The van der Waals surface area contributed by atoms with Gasteiger partial charge in [0.2, 0.25) is 0 Å². The van der Waals surface area contributed by atoms with Gasteiger partial charge in [-0.3, -0.25) is 9.69 Å². The first-order valence-corrected chi connectivity index (χ1v) is 11.9. The lowest BCUT2D eigenvalue weighted by Gasteiger charge is -2.35. The number of amides is 1. The van der Waals surface area contributed by atoms with Crippen LogP contribution in [0.2, 0.25) is 0 Å². The Morgan fingerprint density at radius 2 is 1.79 bits per heavy atom. The van der Waals surface area contributed by atoms with E-state index in [-0.39, 0.29) is 5.91 Å². The van der Waals surface area contributed by atoms with Crippen LogP contribution < -0.4 is 0 Å². The first-order chi connectivity index (χ1) is 16.2. The number of hydrogen-bond donors (Lipinski definition) is 0. The number of carbonyl (C=O) groups excluding carboxylic acids is 1. The quantitative estimate of drug-likeness (QED) is 0.456. The molecule has 180 valence electrons. The van der Waals surface area contributed by atoms with Gasteiger partial charge in [0.25, 0.3) is 5.91 Å². The maximum Gasteiger partial charge on any atom is 0.416 e. The zero-order chi connectivity index (χ0) is 24.3. The van der Waals surface area contributed by atoms with Crippen molar-refractivity contribution < 1.29 is 22.5 Å². The van der Waals surface area contributed by atoms with Gasteiger partial charge < -0.3 is 9.42 Å². The van der Waals surface area contributed by atoms with E-state index in [1.54, 1.807) is 23.2 Å². The summed E-state index contributed by atoms with van der Waals surface area (Å²) in [6.45, 7) is 6.69. The summed E-state index contributed by atoms with van der Waals surface area (Å²) in [5.74, 6) is 1.31. The Bertz CT molecular complexity index is 1120. The first kappa shape index (κ1) is 24.3. The van der Waals surface area contributed by atoms with Crippen molar-refractivity contribution >= 4 is 17.7 Å². The van der Waals surface area contributed by atoms with Gasteiger partial charge in [0.1, 0.15) is 10.8 Å². The summed E-state index contributed by atoms with van der Waals surface area (Å²) in [6, 6.07) is 8.79. The van der Waals surface area contributed by atoms with Gasteiger partial charge in [-0.2, -0.15) is 13.2 Å². The molecule has 1 aliphatic heterocycles. The van der Waals surface area contributed by atoms with Crippen LogP contribution in [0.4, 0.5) is 13.2 Å². The van der Waals surface area contributed by atoms with Gasteiger partial charge >= 0.3 is 6.18 Å². The predicted octanol–water partition coefficient (Wildman–Crippen LogP) is 4.96. The molecule has 0 atom stereocenters. The van der Waals surface area contributed by atoms with Gasteiger partial charge in [0.05, 0.1) is 16.8 Å². The number of halogens is 3. The Hall–Kier alpha value is -2.85. The van der Waals surface area contributed by atoms with Crippen molar-refractivity contribution in [3.8, 4) is 0 Å². The molecule has 0 spiro atoms. The summed E-state index contributed by atoms with van der Waals surface area (Å²) >= 11 is 1.48. The van der Waals surface area contributed by atoms with Crippen molar-refractivity contribution in [3.05, 3.63) is 76.3 Å². The van der Waals surface area contributed by atoms with Crippen LogP contribution in [0.15, 0.2) is 52.1 Å². The first-order valence-electron chi connectivity index (χ1n) is 10.9. The van der Waals surface area contributed by atoms with Crippen LogP contribution in [0.1, 0.15) is 38.5 Å². The molecule has 1 saturated heterocycles. The molecular weight excluding hydrogens is 465 g/mol. The van der Waals surface area contributed by atoms with Gasteiger partial charge in [0.15, 0.2) is 0 Å². The van der Waals surface area contributed by atoms with E-state index >= 15 is 0 Å². The van der Waals surface area contributed by atoms with Crippen LogP contribution in [0.3, 0.4) is 0 Å². The number of alkyl halides is 3. The summed E-state index contributed by atoms with van der Waals surface area (Å²) in [5, 5.41) is 4.64. The highest BCUT2D eigenvalue weighted by molar-refractivity contribution is 7.98. The number of aromatic nitrogens is 2. The number of thioether (sulfide) groups is 1. The van der Waals surface area contributed by atoms with Crippen LogP contribution in [0, 0.1) is 13.8 Å². The van der Waals surface area contributed by atoms with E-state index in [0.29, 0.717) is 49.1 Å². The van der Waals surface area contributed by atoms with E-state index in [2.05, 4.69) is 15.0 Å². The zero-order valence-electron chi connectivity index (χ0n) is 18.9. The molecule has 1 fully saturated rings. The number of rotatable bonds is 6. The van der Waals surface area contributed by atoms with Crippen molar-refractivity contribution in [1.82, 2.24) is 19.9 Å². The fourth-order valence-electron chi connectivity index (χ4n) is 3.85. The van der Waals surface area contributed by atoms with Crippen LogP contribution in [0.5, 0.6) is 0 Å². The number of carbonyl (C=O) groups is 1. The molecule has 34 heavy (non-hydrogen) atoms. The molecule has 0 saturated carbocycles. The molecule has 4 rings (SSSR count). The molecule has 0 bridgehead atoms. The second-order valence-corrected chi connectivity index (χ2v) is 9.17. The molecule has 6 nitrogen and oxygen atoms in total. The van der Waals surface area contributed by atoms with Crippen LogP contribution in [-0.4, -0.2) is 52.0 Å². The number of pyridine rings is 1. The van der Waals surface area contributed by atoms with Crippen molar-refractivity contribution in [1.29, 1.82) is 0 Å². The summed E-state index contributed by atoms with van der Waals surface area (Å²) in [6.07, 6.45) is -2.66. The average Bonchev–Trinajstić information content (AvgIpc) is 3.15. The fraction of sp³-hybridized carbons (Fsp3) is 0.375. The Kier molecular flexibility index (Phi) is 7.27. The largest absolute Gasteiger partial charge is 0.416 e. The van der Waals surface area contributed by atoms with Gasteiger partial charge in [-0.1, -0.05) is 17.3 Å². The molecule has 1 amide bonds. The third-order valence-electron chi connectivity index (χ3n) is 5.88. The number of piperazine rings is 1. The Balaban J connectivity index is 1.35. The summed E-state index contributed by atoms with van der Waals surface area (Å²) in [5.41, 5.74) is 2.57. The minimum atomic E-state index is -4.33. The topological polar surface area (TPSA) is 62.5 Å². The Morgan fingerprint density at radius 1 is 1.09 bits per heavy atom. The normalized spacial score (nSPS) is 15.0. The number of aryl methyl sites for hydroxylation is 2. The monoisotopic (exact) mass is 490 g/mol. The molecular formula is C24H25F3N4O2S. The highest BCUT2D eigenvalue weighted by Gasteiger charge is 2.30. The lowest BCUT2D eigenvalue weighted by molar-refractivity contribution is -0.137. The van der Waals surface area contributed by atoms with Crippen molar-refractivity contribution in [3.63, 3.8) is 0 Å². The standard InChI is InChI=1S/C24H25F3N4O2S/c1-16-21(17(2)33-29-16)15-34-22-20(4-3-9-28-22)23(32)31-12-10-30(11-13-31)14-18-5-7-19(8-6-18)24(25,26)27/h3-9H,10-15H2,1-2H3. The number of hydrogen-bond acceptors (Lipinski definition) is 6. The third-order valence-corrected chi connectivity index (χ3v) is 6.91. The lowest BCUT2D eigenvalue weighted by Crippen LogP contribution is -2.48. The lowest BCUT2D eigenvalue weighted by atomic mass is 10.1. The SMILES string of the molecule is Cc1noc(C)c1CSc1ncccc1C(=O)N1CCN(Cc2ccc(C(F)(F)F)cc2)CC1. The third kappa shape index (κ3) is 5.61. The van der Waals surface area contributed by atoms with E-state index in [1.165, 1.54) is 23.9 Å². The Morgan fingerprint density at radius 3 is 2.41 bits per heavy atom. The molecule has 0 radical (unpaired) electrons. The molecule has 3 heterocycles. The van der Waals surface area contributed by atoms with Crippen LogP contribution >= 0.6 is 11.8 Å². The van der Waals surface area contributed by atoms with Gasteiger partial charge in [-0.25, -0.2) is 4.98 Å². The highest BCUT2D eigenvalue weighted by atomic mass is 32.2. The summed E-state index contributed by atoms with van der Waals surface area (Å²) in [4.78, 5) is 21.6. The van der Waals surface area contributed by atoms with Crippen molar-refractivity contribution in [2.45, 2.75) is 37.3 Å². The average molecular weight is 491 g/mol. The summed E-state index contributed by atoms with van der Waals surface area (Å²) in [7, 11) is 0. The molecule has 10 heteroatoms. The van der Waals surface area contributed by atoms with Crippen LogP contribution in [0.25, 0.3) is 0 Å². The maximum atomic E-state index is 13.2. The maximum absolute atomic E-state index is 13.2. The fourth-order valence-corrected chi connectivity index (χ4v) is 4.99. The molecule has 0 N–H and O–H groups in total. The van der Waals surface area contributed by atoms with Crippen molar-refractivity contribution in [2.24, 2.45) is 0 Å². The summed E-state index contributed by atoms with van der Waals surface area (Å²) < 4.78 is 43.5. The minimum Gasteiger partial charge on any atom is -0.361 e. The smallest absolute Gasteiger partial charge is 0.361 e. The molecule has 0 unspecified atom stereocenters. The van der Waals surface area contributed by atoms with Gasteiger partial charge in [-0.15, -0.1) is 11.8 Å². The van der Waals surface area contributed by atoms with Gasteiger partial charge in [0, 0.05) is 50.2 Å².